The second-order valence-corrected chi connectivity index (χ2v) is 4.27. The van der Waals surface area contributed by atoms with Gasteiger partial charge in [-0.3, -0.25) is 9.59 Å². The van der Waals surface area contributed by atoms with Gasteiger partial charge < -0.3 is 0 Å². The van der Waals surface area contributed by atoms with Gasteiger partial charge in [0.15, 0.2) is 11.6 Å². The molecule has 0 radical (unpaired) electrons. The SMILES string of the molecule is CCCC1CC(=O)C(Br)C(=O)C1. The summed E-state index contributed by atoms with van der Waals surface area (Å²) in [5.41, 5.74) is 0. The van der Waals surface area contributed by atoms with Crippen LogP contribution in [-0.4, -0.2) is 16.4 Å². The first kappa shape index (κ1) is 9.90. The fraction of sp³-hybridized carbons (Fsp3) is 0.778. The average Bonchev–Trinajstić information content (AvgIpc) is 2.01. The zero-order valence-corrected chi connectivity index (χ0v) is 8.76. The van der Waals surface area contributed by atoms with Crippen molar-refractivity contribution in [2.24, 2.45) is 5.92 Å². The maximum Gasteiger partial charge on any atom is 0.154 e. The largest absolute Gasteiger partial charge is 0.298 e. The summed E-state index contributed by atoms with van der Waals surface area (Å²) in [5, 5.41) is 0. The lowest BCUT2D eigenvalue weighted by Crippen LogP contribution is -2.33. The highest BCUT2D eigenvalue weighted by atomic mass is 79.9. The van der Waals surface area contributed by atoms with Crippen LogP contribution >= 0.6 is 15.9 Å². The molecule has 0 aromatic heterocycles. The molecule has 0 atom stereocenters. The Kier molecular flexibility index (Phi) is 3.44. The molecule has 0 aliphatic heterocycles. The van der Waals surface area contributed by atoms with E-state index < -0.39 is 4.83 Å². The molecule has 1 fully saturated rings. The van der Waals surface area contributed by atoms with Crippen molar-refractivity contribution in [3.8, 4) is 0 Å². The fourth-order valence-electron chi connectivity index (χ4n) is 1.64. The Morgan fingerprint density at radius 3 is 2.25 bits per heavy atom. The minimum Gasteiger partial charge on any atom is -0.298 e. The molecular formula is C9H13BrO2. The van der Waals surface area contributed by atoms with Crippen LogP contribution in [0.2, 0.25) is 0 Å². The van der Waals surface area contributed by atoms with Crippen LogP contribution in [0.3, 0.4) is 0 Å². The molecule has 12 heavy (non-hydrogen) atoms. The predicted octanol–water partition coefficient (Wildman–Crippen LogP) is 2.10. The normalized spacial score (nSPS) is 30.8. The molecule has 0 bridgehead atoms. The third-order valence-corrected chi connectivity index (χ3v) is 3.26. The molecule has 3 heteroatoms. The van der Waals surface area contributed by atoms with Gasteiger partial charge in [0.25, 0.3) is 0 Å². The second kappa shape index (κ2) is 4.17. The number of rotatable bonds is 2. The Morgan fingerprint density at radius 1 is 1.33 bits per heavy atom. The number of hydrogen-bond donors (Lipinski definition) is 0. The van der Waals surface area contributed by atoms with E-state index in [1.54, 1.807) is 0 Å². The zero-order valence-electron chi connectivity index (χ0n) is 7.18. The highest BCUT2D eigenvalue weighted by Crippen LogP contribution is 2.26. The lowest BCUT2D eigenvalue weighted by molar-refractivity contribution is -0.130. The van der Waals surface area contributed by atoms with Crippen LogP contribution in [0.1, 0.15) is 32.6 Å². The standard InChI is InChI=1S/C9H13BrO2/c1-2-3-6-4-7(11)9(10)8(12)5-6/h6,9H,2-5H2,1H3. The minimum absolute atomic E-state index is 0.0599. The van der Waals surface area contributed by atoms with Crippen LogP contribution in [0.4, 0.5) is 0 Å². The summed E-state index contributed by atoms with van der Waals surface area (Å²) >= 11 is 3.10. The summed E-state index contributed by atoms with van der Waals surface area (Å²) in [6.45, 7) is 2.08. The molecule has 68 valence electrons. The molecular weight excluding hydrogens is 220 g/mol. The van der Waals surface area contributed by atoms with Gasteiger partial charge >= 0.3 is 0 Å². The number of hydrogen-bond acceptors (Lipinski definition) is 2. The molecule has 0 spiro atoms. The number of ketones is 2. The van der Waals surface area contributed by atoms with E-state index in [1.807, 2.05) is 0 Å². The third-order valence-electron chi connectivity index (χ3n) is 2.24. The summed E-state index contributed by atoms with van der Waals surface area (Å²) in [4.78, 5) is 21.9. The van der Waals surface area contributed by atoms with Gasteiger partial charge in [0.2, 0.25) is 0 Å². The lowest BCUT2D eigenvalue weighted by Gasteiger charge is -2.22. The van der Waals surface area contributed by atoms with Gasteiger partial charge in [0, 0.05) is 12.8 Å². The Hall–Kier alpha value is -0.180. The van der Waals surface area contributed by atoms with Gasteiger partial charge in [-0.1, -0.05) is 29.3 Å². The van der Waals surface area contributed by atoms with E-state index in [0.29, 0.717) is 18.8 Å². The first-order chi connectivity index (χ1) is 5.65. The van der Waals surface area contributed by atoms with Crippen molar-refractivity contribution < 1.29 is 9.59 Å². The first-order valence-corrected chi connectivity index (χ1v) is 5.26. The molecule has 0 aromatic carbocycles. The van der Waals surface area contributed by atoms with E-state index in [4.69, 9.17) is 0 Å². The van der Waals surface area contributed by atoms with E-state index in [-0.39, 0.29) is 11.6 Å². The highest BCUT2D eigenvalue weighted by molar-refractivity contribution is 9.10. The van der Waals surface area contributed by atoms with Gasteiger partial charge in [-0.25, -0.2) is 0 Å². The maximum absolute atomic E-state index is 11.2. The van der Waals surface area contributed by atoms with Crippen molar-refractivity contribution in [3.05, 3.63) is 0 Å². The zero-order chi connectivity index (χ0) is 9.14. The second-order valence-electron chi connectivity index (χ2n) is 3.36. The summed E-state index contributed by atoms with van der Waals surface area (Å²) < 4.78 is 0. The Balaban J connectivity index is 2.54. The predicted molar refractivity (Wildman–Crippen MR) is 50.4 cm³/mol. The topological polar surface area (TPSA) is 34.1 Å². The summed E-state index contributed by atoms with van der Waals surface area (Å²) in [6, 6.07) is 0. The molecule has 0 amide bonds. The van der Waals surface area contributed by atoms with Gasteiger partial charge in [-0.2, -0.15) is 0 Å². The third kappa shape index (κ3) is 2.16. The fourth-order valence-corrected chi connectivity index (χ4v) is 2.01. The smallest absolute Gasteiger partial charge is 0.154 e. The Labute approximate surface area is 80.8 Å². The van der Waals surface area contributed by atoms with Crippen molar-refractivity contribution in [2.75, 3.05) is 0 Å². The molecule has 0 N–H and O–H groups in total. The molecule has 2 nitrogen and oxygen atoms in total. The molecule has 0 saturated heterocycles. The number of alkyl halides is 1. The van der Waals surface area contributed by atoms with E-state index in [9.17, 15) is 9.59 Å². The number of Topliss-reactive ketones (excluding diaryl/α,β-unsaturated/α-hetero) is 2. The van der Waals surface area contributed by atoms with Crippen LogP contribution < -0.4 is 0 Å². The van der Waals surface area contributed by atoms with E-state index in [0.717, 1.165) is 12.8 Å². The first-order valence-electron chi connectivity index (χ1n) is 4.34. The Bertz CT molecular complexity index is 183. The van der Waals surface area contributed by atoms with Crippen molar-refractivity contribution in [1.29, 1.82) is 0 Å². The van der Waals surface area contributed by atoms with Gasteiger partial charge in [0.1, 0.15) is 4.83 Å². The van der Waals surface area contributed by atoms with Crippen LogP contribution in [-0.2, 0) is 9.59 Å². The van der Waals surface area contributed by atoms with Crippen molar-refractivity contribution in [1.82, 2.24) is 0 Å². The molecule has 1 aliphatic rings. The average molecular weight is 233 g/mol. The maximum atomic E-state index is 11.2. The van der Waals surface area contributed by atoms with Gasteiger partial charge in [-0.15, -0.1) is 0 Å². The van der Waals surface area contributed by atoms with Crippen LogP contribution in [0.15, 0.2) is 0 Å². The van der Waals surface area contributed by atoms with Crippen molar-refractivity contribution in [3.63, 3.8) is 0 Å². The van der Waals surface area contributed by atoms with E-state index in [1.165, 1.54) is 0 Å². The van der Waals surface area contributed by atoms with Crippen LogP contribution in [0.5, 0.6) is 0 Å². The molecule has 1 aliphatic carbocycles. The number of carbonyl (C=O) groups is 2. The van der Waals surface area contributed by atoms with Crippen LogP contribution in [0.25, 0.3) is 0 Å². The quantitative estimate of drug-likeness (QED) is 0.540. The van der Waals surface area contributed by atoms with Crippen molar-refractivity contribution in [2.45, 2.75) is 37.4 Å². The summed E-state index contributed by atoms with van der Waals surface area (Å²) in [7, 11) is 0. The summed E-state index contributed by atoms with van der Waals surface area (Å²) in [5.74, 6) is 0.429. The molecule has 0 aromatic rings. The highest BCUT2D eigenvalue weighted by Gasteiger charge is 2.32. The monoisotopic (exact) mass is 232 g/mol. The number of halogens is 1. The van der Waals surface area contributed by atoms with Crippen molar-refractivity contribution >= 4 is 27.5 Å². The van der Waals surface area contributed by atoms with Gasteiger partial charge in [0.05, 0.1) is 0 Å². The van der Waals surface area contributed by atoms with Gasteiger partial charge in [-0.05, 0) is 12.3 Å². The molecule has 0 heterocycles. The van der Waals surface area contributed by atoms with Crippen LogP contribution in [0, 0.1) is 5.92 Å². The Morgan fingerprint density at radius 2 is 1.83 bits per heavy atom. The van der Waals surface area contributed by atoms with E-state index >= 15 is 0 Å². The minimum atomic E-state index is -0.509. The lowest BCUT2D eigenvalue weighted by atomic mass is 9.84. The summed E-state index contributed by atoms with van der Waals surface area (Å²) in [6.07, 6.45) is 3.21. The molecule has 1 saturated carbocycles. The molecule has 0 unspecified atom stereocenters. The number of carbonyl (C=O) groups excluding carboxylic acids is 2. The molecule has 1 rings (SSSR count). The van der Waals surface area contributed by atoms with E-state index in [2.05, 4.69) is 22.9 Å².